The highest BCUT2D eigenvalue weighted by atomic mass is 16.6. The van der Waals surface area contributed by atoms with Crippen LogP contribution in [-0.2, 0) is 14.3 Å². The molecule has 0 amide bonds. The maximum absolute atomic E-state index is 11.5. The Labute approximate surface area is 84.7 Å². The standard InChI is InChI=1S/C10H19NO3/c1-4-10(5-13-6-10)14-9(12)8(11)7(2)3/h7-8H,4-6,11H2,1-3H3/t8-/m0/s1. The number of carbonyl (C=O) groups is 1. The van der Waals surface area contributed by atoms with Gasteiger partial charge >= 0.3 is 5.97 Å². The van der Waals surface area contributed by atoms with E-state index in [1.165, 1.54) is 0 Å². The van der Waals surface area contributed by atoms with Crippen LogP contribution < -0.4 is 5.73 Å². The fraction of sp³-hybridized carbons (Fsp3) is 0.900. The summed E-state index contributed by atoms with van der Waals surface area (Å²) in [6, 6.07) is -0.529. The van der Waals surface area contributed by atoms with E-state index in [1.54, 1.807) is 0 Å². The van der Waals surface area contributed by atoms with Gasteiger partial charge in [-0.05, 0) is 12.3 Å². The van der Waals surface area contributed by atoms with Crippen molar-refractivity contribution in [3.8, 4) is 0 Å². The van der Waals surface area contributed by atoms with Crippen LogP contribution in [0.5, 0.6) is 0 Å². The molecule has 1 atom stereocenters. The van der Waals surface area contributed by atoms with Crippen LogP contribution in [0.4, 0.5) is 0 Å². The minimum Gasteiger partial charge on any atom is -0.453 e. The Morgan fingerprint density at radius 3 is 2.43 bits per heavy atom. The van der Waals surface area contributed by atoms with Crippen molar-refractivity contribution in [1.29, 1.82) is 0 Å². The zero-order valence-corrected chi connectivity index (χ0v) is 9.08. The molecule has 1 aliphatic heterocycles. The molecular formula is C10H19NO3. The quantitative estimate of drug-likeness (QED) is 0.680. The summed E-state index contributed by atoms with van der Waals surface area (Å²) in [5.41, 5.74) is 5.29. The number of nitrogens with two attached hydrogens (primary N) is 1. The molecule has 0 aliphatic carbocycles. The van der Waals surface area contributed by atoms with E-state index < -0.39 is 11.6 Å². The van der Waals surface area contributed by atoms with Gasteiger partial charge in [-0.2, -0.15) is 0 Å². The van der Waals surface area contributed by atoms with Gasteiger partial charge in [0.1, 0.15) is 6.04 Å². The van der Waals surface area contributed by atoms with Crippen LogP contribution in [0, 0.1) is 5.92 Å². The molecule has 4 nitrogen and oxygen atoms in total. The molecule has 2 N–H and O–H groups in total. The summed E-state index contributed by atoms with van der Waals surface area (Å²) >= 11 is 0. The minimum absolute atomic E-state index is 0.109. The van der Waals surface area contributed by atoms with Gasteiger partial charge in [0.25, 0.3) is 0 Å². The largest absolute Gasteiger partial charge is 0.453 e. The van der Waals surface area contributed by atoms with Crippen molar-refractivity contribution >= 4 is 5.97 Å². The first-order valence-corrected chi connectivity index (χ1v) is 5.07. The van der Waals surface area contributed by atoms with Crippen LogP contribution in [0.2, 0.25) is 0 Å². The van der Waals surface area contributed by atoms with Crippen molar-refractivity contribution < 1.29 is 14.3 Å². The van der Waals surface area contributed by atoms with E-state index in [4.69, 9.17) is 15.2 Å². The Balaban J connectivity index is 2.47. The summed E-state index contributed by atoms with van der Waals surface area (Å²) in [5, 5.41) is 0. The molecule has 0 saturated carbocycles. The molecule has 0 bridgehead atoms. The molecule has 1 saturated heterocycles. The minimum atomic E-state index is -0.529. The van der Waals surface area contributed by atoms with E-state index in [9.17, 15) is 4.79 Å². The molecule has 0 aromatic carbocycles. The number of carbonyl (C=O) groups excluding carboxylic acids is 1. The smallest absolute Gasteiger partial charge is 0.323 e. The van der Waals surface area contributed by atoms with Crippen molar-refractivity contribution in [3.05, 3.63) is 0 Å². The Hall–Kier alpha value is -0.610. The van der Waals surface area contributed by atoms with E-state index in [1.807, 2.05) is 20.8 Å². The lowest BCUT2D eigenvalue weighted by atomic mass is 9.98. The number of esters is 1. The summed E-state index contributed by atoms with van der Waals surface area (Å²) < 4.78 is 10.4. The first kappa shape index (κ1) is 11.5. The fourth-order valence-electron chi connectivity index (χ4n) is 1.22. The van der Waals surface area contributed by atoms with Crippen molar-refractivity contribution in [2.24, 2.45) is 11.7 Å². The molecule has 0 unspecified atom stereocenters. The first-order valence-electron chi connectivity index (χ1n) is 5.07. The van der Waals surface area contributed by atoms with Crippen LogP contribution in [0.3, 0.4) is 0 Å². The van der Waals surface area contributed by atoms with Gasteiger partial charge in [-0.15, -0.1) is 0 Å². The summed E-state index contributed by atoms with van der Waals surface area (Å²) in [5.74, 6) is -0.206. The van der Waals surface area contributed by atoms with Crippen LogP contribution in [0.25, 0.3) is 0 Å². The highest BCUT2D eigenvalue weighted by Crippen LogP contribution is 2.26. The van der Waals surface area contributed by atoms with Gasteiger partial charge in [0.15, 0.2) is 5.60 Å². The predicted molar refractivity (Wildman–Crippen MR) is 52.7 cm³/mol. The molecule has 1 rings (SSSR count). The zero-order chi connectivity index (χ0) is 10.8. The lowest BCUT2D eigenvalue weighted by Crippen LogP contribution is -2.55. The third-order valence-electron chi connectivity index (χ3n) is 2.68. The molecule has 4 heteroatoms. The molecule has 14 heavy (non-hydrogen) atoms. The molecule has 0 spiro atoms. The van der Waals surface area contributed by atoms with Crippen LogP contribution in [0.15, 0.2) is 0 Å². The summed E-state index contributed by atoms with van der Waals surface area (Å²) in [7, 11) is 0. The van der Waals surface area contributed by atoms with Crippen molar-refractivity contribution in [1.82, 2.24) is 0 Å². The number of hydrogen-bond donors (Lipinski definition) is 1. The average Bonchev–Trinajstić information content (AvgIpc) is 2.09. The molecule has 0 aromatic rings. The molecule has 82 valence electrons. The molecule has 1 aliphatic rings. The maximum Gasteiger partial charge on any atom is 0.323 e. The van der Waals surface area contributed by atoms with Crippen molar-refractivity contribution in [3.63, 3.8) is 0 Å². The van der Waals surface area contributed by atoms with Gasteiger partial charge in [0.2, 0.25) is 0 Å². The molecular weight excluding hydrogens is 182 g/mol. The van der Waals surface area contributed by atoms with Crippen molar-refractivity contribution in [2.45, 2.75) is 38.8 Å². The summed E-state index contributed by atoms with van der Waals surface area (Å²) in [4.78, 5) is 11.5. The fourth-order valence-corrected chi connectivity index (χ4v) is 1.22. The molecule has 0 aromatic heterocycles. The topological polar surface area (TPSA) is 61.5 Å². The maximum atomic E-state index is 11.5. The number of rotatable bonds is 4. The SMILES string of the molecule is CCC1(OC(=O)[C@@H](N)C(C)C)COC1. The van der Waals surface area contributed by atoms with E-state index in [-0.39, 0.29) is 11.9 Å². The highest BCUT2D eigenvalue weighted by Gasteiger charge is 2.41. The van der Waals surface area contributed by atoms with E-state index in [0.717, 1.165) is 6.42 Å². The Bertz CT molecular complexity index is 206. The lowest BCUT2D eigenvalue weighted by Gasteiger charge is -2.40. The van der Waals surface area contributed by atoms with E-state index in [2.05, 4.69) is 0 Å². The van der Waals surface area contributed by atoms with Crippen LogP contribution in [0.1, 0.15) is 27.2 Å². The highest BCUT2D eigenvalue weighted by molar-refractivity contribution is 5.76. The van der Waals surface area contributed by atoms with Gasteiger partial charge in [-0.25, -0.2) is 0 Å². The first-order chi connectivity index (χ1) is 6.51. The monoisotopic (exact) mass is 201 g/mol. The normalized spacial score (nSPS) is 21.5. The molecule has 1 fully saturated rings. The zero-order valence-electron chi connectivity index (χ0n) is 9.08. The average molecular weight is 201 g/mol. The third kappa shape index (κ3) is 2.25. The van der Waals surface area contributed by atoms with Gasteiger partial charge in [-0.3, -0.25) is 4.79 Å². The van der Waals surface area contributed by atoms with E-state index >= 15 is 0 Å². The molecule has 0 radical (unpaired) electrons. The second-order valence-corrected chi connectivity index (χ2v) is 4.22. The second-order valence-electron chi connectivity index (χ2n) is 4.22. The summed E-state index contributed by atoms with van der Waals surface area (Å²) in [6.07, 6.45) is 0.781. The number of ether oxygens (including phenoxy) is 2. The second kappa shape index (κ2) is 4.28. The molecule has 1 heterocycles. The van der Waals surface area contributed by atoms with Gasteiger partial charge in [0, 0.05) is 0 Å². The van der Waals surface area contributed by atoms with Crippen molar-refractivity contribution in [2.75, 3.05) is 13.2 Å². The Kier molecular flexibility index (Phi) is 3.50. The third-order valence-corrected chi connectivity index (χ3v) is 2.68. The van der Waals surface area contributed by atoms with Crippen LogP contribution in [-0.4, -0.2) is 30.8 Å². The predicted octanol–water partition coefficient (Wildman–Crippen LogP) is 0.692. The number of hydrogen-bond acceptors (Lipinski definition) is 4. The Morgan fingerprint density at radius 1 is 1.57 bits per heavy atom. The Morgan fingerprint density at radius 2 is 2.14 bits per heavy atom. The summed E-state index contributed by atoms with van der Waals surface area (Å²) in [6.45, 7) is 6.79. The van der Waals surface area contributed by atoms with E-state index in [0.29, 0.717) is 13.2 Å². The van der Waals surface area contributed by atoms with Gasteiger partial charge < -0.3 is 15.2 Å². The van der Waals surface area contributed by atoms with Gasteiger partial charge in [-0.1, -0.05) is 20.8 Å². The van der Waals surface area contributed by atoms with Crippen LogP contribution >= 0.6 is 0 Å². The van der Waals surface area contributed by atoms with Gasteiger partial charge in [0.05, 0.1) is 13.2 Å². The lowest BCUT2D eigenvalue weighted by molar-refractivity contribution is -0.215.